The number of H-pyrrole nitrogens is 1. The molecule has 159 valence electrons. The van der Waals surface area contributed by atoms with Crippen molar-refractivity contribution < 1.29 is 26.3 Å². The molecule has 3 aromatic carbocycles. The molecule has 4 nitrogen and oxygen atoms in total. The molecule has 4 rings (SSSR count). The number of aryl methyl sites for hydroxylation is 2. The van der Waals surface area contributed by atoms with Crippen molar-refractivity contribution in [2.75, 3.05) is 0 Å². The topological polar surface area (TPSA) is 59.2 Å². The van der Waals surface area contributed by atoms with Gasteiger partial charge >= 0.3 is 6.18 Å². The molecule has 0 bridgehead atoms. The Labute approximate surface area is 177 Å². The van der Waals surface area contributed by atoms with E-state index < -0.39 is 21.6 Å². The van der Waals surface area contributed by atoms with Gasteiger partial charge in [-0.2, -0.15) is 13.2 Å². The van der Waals surface area contributed by atoms with Crippen molar-refractivity contribution in [2.45, 2.75) is 29.8 Å². The summed E-state index contributed by atoms with van der Waals surface area (Å²) in [6.45, 7) is 3.77. The lowest BCUT2D eigenvalue weighted by Gasteiger charge is -2.12. The Hall–Kier alpha value is -3.26. The second-order valence-corrected chi connectivity index (χ2v) is 9.06. The van der Waals surface area contributed by atoms with Gasteiger partial charge in [-0.25, -0.2) is 8.42 Å². The normalized spacial score (nSPS) is 12.3. The van der Waals surface area contributed by atoms with E-state index in [4.69, 9.17) is 4.74 Å². The Morgan fingerprint density at radius 2 is 1.61 bits per heavy atom. The number of aromatic amines is 1. The third kappa shape index (κ3) is 3.90. The van der Waals surface area contributed by atoms with Gasteiger partial charge in [0, 0.05) is 17.1 Å². The van der Waals surface area contributed by atoms with Crippen molar-refractivity contribution in [3.8, 4) is 11.5 Å². The number of nitrogens with one attached hydrogen (secondary N) is 1. The van der Waals surface area contributed by atoms with Crippen molar-refractivity contribution in [3.05, 3.63) is 83.6 Å². The third-order valence-electron chi connectivity index (χ3n) is 4.93. The van der Waals surface area contributed by atoms with Crippen LogP contribution in [0.4, 0.5) is 13.2 Å². The summed E-state index contributed by atoms with van der Waals surface area (Å²) in [5, 5.41) is 0.384. The Morgan fingerprint density at radius 1 is 0.968 bits per heavy atom. The number of fused-ring (bicyclic) bond motifs is 1. The van der Waals surface area contributed by atoms with E-state index in [1.54, 1.807) is 30.3 Å². The monoisotopic (exact) mass is 444 g/mol. The van der Waals surface area contributed by atoms with Gasteiger partial charge in [0.25, 0.3) is 0 Å². The average Bonchev–Trinajstić information content (AvgIpc) is 3.14. The molecule has 0 fully saturated rings. The maximum absolute atomic E-state index is 13.1. The minimum absolute atomic E-state index is 0.0393. The van der Waals surface area contributed by atoms with E-state index in [0.29, 0.717) is 22.4 Å². The summed E-state index contributed by atoms with van der Waals surface area (Å²) in [6.07, 6.45) is -3.21. The zero-order valence-corrected chi connectivity index (χ0v) is 17.4. The first-order valence-electron chi connectivity index (χ1n) is 9.26. The lowest BCUT2D eigenvalue weighted by Crippen LogP contribution is -2.06. The molecule has 0 unspecified atom stereocenters. The first-order chi connectivity index (χ1) is 14.6. The molecular formula is C23H17F3NO3S. The minimum Gasteiger partial charge on any atom is -0.457 e. The van der Waals surface area contributed by atoms with Gasteiger partial charge in [0.05, 0.1) is 15.4 Å². The quantitative estimate of drug-likeness (QED) is 0.406. The predicted molar refractivity (Wildman–Crippen MR) is 110 cm³/mol. The van der Waals surface area contributed by atoms with Crippen LogP contribution in [0.2, 0.25) is 0 Å². The Morgan fingerprint density at radius 3 is 2.23 bits per heavy atom. The van der Waals surface area contributed by atoms with Crippen LogP contribution < -0.4 is 4.74 Å². The van der Waals surface area contributed by atoms with Gasteiger partial charge in [0.2, 0.25) is 9.84 Å². The minimum atomic E-state index is -4.54. The molecule has 0 saturated heterocycles. The van der Waals surface area contributed by atoms with Crippen molar-refractivity contribution >= 4 is 20.7 Å². The summed E-state index contributed by atoms with van der Waals surface area (Å²) < 4.78 is 70.6. The number of benzene rings is 3. The molecule has 1 aromatic heterocycles. The van der Waals surface area contributed by atoms with Crippen LogP contribution in [0.15, 0.2) is 70.6 Å². The fraction of sp³-hybridized carbons (Fsp3) is 0.130. The van der Waals surface area contributed by atoms with E-state index in [1.807, 2.05) is 13.8 Å². The Kier molecular flexibility index (Phi) is 5.05. The highest BCUT2D eigenvalue weighted by Crippen LogP contribution is 2.35. The smallest absolute Gasteiger partial charge is 0.416 e. The predicted octanol–water partition coefficient (Wildman–Crippen LogP) is 6.23. The zero-order valence-electron chi connectivity index (χ0n) is 16.5. The maximum atomic E-state index is 13.1. The van der Waals surface area contributed by atoms with Crippen molar-refractivity contribution in [1.82, 2.24) is 4.98 Å². The molecule has 0 saturated carbocycles. The van der Waals surface area contributed by atoms with Crippen molar-refractivity contribution in [3.63, 3.8) is 0 Å². The van der Waals surface area contributed by atoms with Gasteiger partial charge in [-0.3, -0.25) is 0 Å². The lowest BCUT2D eigenvalue weighted by molar-refractivity contribution is -0.137. The molecule has 31 heavy (non-hydrogen) atoms. The van der Waals surface area contributed by atoms with Crippen LogP contribution >= 0.6 is 0 Å². The van der Waals surface area contributed by atoms with Crippen molar-refractivity contribution in [1.29, 1.82) is 0 Å². The number of halogens is 3. The molecule has 0 atom stereocenters. The van der Waals surface area contributed by atoms with E-state index in [0.717, 1.165) is 35.4 Å². The summed E-state index contributed by atoms with van der Waals surface area (Å²) in [7, 11) is -4.05. The highest BCUT2D eigenvalue weighted by Gasteiger charge is 2.31. The Bertz CT molecular complexity index is 1350. The molecule has 4 aromatic rings. The fourth-order valence-electron chi connectivity index (χ4n) is 3.32. The second-order valence-electron chi connectivity index (χ2n) is 7.14. The zero-order chi connectivity index (χ0) is 22.4. The molecule has 1 N–H and O–H groups in total. The number of aromatic nitrogens is 1. The Balaban J connectivity index is 1.75. The standard InChI is InChI=1S/C23H17F3NO3S/c1-14-4-3-5-15(2)22(14)30-17-8-11-20-19(12-17)21(13-27-20)31(28,29)18-9-6-16(7-10-18)23(24,25)26/h4-13,27H,1-2H3. The summed E-state index contributed by atoms with van der Waals surface area (Å²) in [4.78, 5) is 2.63. The number of rotatable bonds is 4. The van der Waals surface area contributed by atoms with E-state index >= 15 is 0 Å². The van der Waals surface area contributed by atoms with Crippen LogP contribution in [0.1, 0.15) is 16.7 Å². The molecule has 0 spiro atoms. The molecule has 1 heterocycles. The lowest BCUT2D eigenvalue weighted by atomic mass is 10.1. The molecule has 0 aliphatic heterocycles. The van der Waals surface area contributed by atoms with E-state index in [2.05, 4.69) is 11.1 Å². The van der Waals surface area contributed by atoms with Crippen LogP contribution in [0.5, 0.6) is 11.5 Å². The highest BCUT2D eigenvalue weighted by molar-refractivity contribution is 7.91. The fourth-order valence-corrected chi connectivity index (χ4v) is 4.74. The summed E-state index contributed by atoms with van der Waals surface area (Å²) in [5.74, 6) is 1.09. The first kappa shape index (κ1) is 21.0. The number of ether oxygens (including phenoxy) is 1. The van der Waals surface area contributed by atoms with Crippen LogP contribution in [0.25, 0.3) is 10.9 Å². The molecular weight excluding hydrogens is 427 g/mol. The number of alkyl halides is 3. The van der Waals surface area contributed by atoms with Gasteiger partial charge in [0.1, 0.15) is 11.5 Å². The third-order valence-corrected chi connectivity index (χ3v) is 6.74. The second kappa shape index (κ2) is 7.46. The molecule has 0 amide bonds. The van der Waals surface area contributed by atoms with Crippen LogP contribution in [0, 0.1) is 19.9 Å². The van der Waals surface area contributed by atoms with Crippen LogP contribution in [-0.2, 0) is 16.0 Å². The number of sulfone groups is 1. The van der Waals surface area contributed by atoms with Crippen molar-refractivity contribution in [2.24, 2.45) is 0 Å². The molecule has 1 radical (unpaired) electrons. The van der Waals surface area contributed by atoms with Gasteiger partial charge in [-0.1, -0.05) is 0 Å². The molecule has 0 aliphatic rings. The van der Waals surface area contributed by atoms with Crippen LogP contribution in [-0.4, -0.2) is 13.4 Å². The van der Waals surface area contributed by atoms with Gasteiger partial charge in [-0.15, -0.1) is 0 Å². The van der Waals surface area contributed by atoms with Gasteiger partial charge < -0.3 is 9.72 Å². The average molecular weight is 444 g/mol. The summed E-state index contributed by atoms with van der Waals surface area (Å²) >= 11 is 0. The highest BCUT2D eigenvalue weighted by atomic mass is 32.2. The number of hydrogen-bond acceptors (Lipinski definition) is 3. The molecule has 0 aliphatic carbocycles. The molecule has 8 heteroatoms. The summed E-state index contributed by atoms with van der Waals surface area (Å²) in [6, 6.07) is 15.0. The van der Waals surface area contributed by atoms with Gasteiger partial charge in [0.15, 0.2) is 0 Å². The van der Waals surface area contributed by atoms with E-state index in [1.165, 1.54) is 6.20 Å². The number of hydrogen-bond donors (Lipinski definition) is 1. The van der Waals surface area contributed by atoms with E-state index in [9.17, 15) is 21.6 Å². The maximum Gasteiger partial charge on any atom is 0.416 e. The van der Waals surface area contributed by atoms with Gasteiger partial charge in [-0.05, 0) is 85.6 Å². The first-order valence-corrected chi connectivity index (χ1v) is 10.7. The SMILES string of the molecule is Cc1c[c]cc(C)c1Oc1ccc2[nH]cc(S(=O)(=O)c3ccc(C(F)(F)F)cc3)c2c1. The summed E-state index contributed by atoms with van der Waals surface area (Å²) in [5.41, 5.74) is 1.41. The van der Waals surface area contributed by atoms with Crippen LogP contribution in [0.3, 0.4) is 0 Å². The van der Waals surface area contributed by atoms with E-state index in [-0.39, 0.29) is 9.79 Å². The largest absolute Gasteiger partial charge is 0.457 e.